The van der Waals surface area contributed by atoms with Crippen molar-refractivity contribution in [3.63, 3.8) is 0 Å². The van der Waals surface area contributed by atoms with Gasteiger partial charge in [0, 0.05) is 24.7 Å². The van der Waals surface area contributed by atoms with Gasteiger partial charge in [0.15, 0.2) is 0 Å². The van der Waals surface area contributed by atoms with Gasteiger partial charge in [-0.1, -0.05) is 36.7 Å². The summed E-state index contributed by atoms with van der Waals surface area (Å²) in [4.78, 5) is 4.71. The Morgan fingerprint density at radius 1 is 1.35 bits per heavy atom. The third kappa shape index (κ3) is 1.98. The number of imidazole rings is 1. The Bertz CT molecular complexity index is 545. The number of hydrogen-bond donors (Lipinski definition) is 0. The molecule has 0 bridgehead atoms. The fourth-order valence-electron chi connectivity index (χ4n) is 2.38. The molecular weight excluding hydrogens is 232 g/mol. The lowest BCUT2D eigenvalue weighted by Crippen LogP contribution is -2.16. The number of aromatic nitrogens is 2. The van der Waals surface area contributed by atoms with Gasteiger partial charge >= 0.3 is 0 Å². The van der Waals surface area contributed by atoms with E-state index in [1.165, 1.54) is 12.2 Å². The fourth-order valence-corrected chi connectivity index (χ4v) is 2.62. The van der Waals surface area contributed by atoms with E-state index in [1.54, 1.807) is 0 Å². The van der Waals surface area contributed by atoms with Crippen molar-refractivity contribution in [2.75, 3.05) is 0 Å². The molecule has 1 aromatic carbocycles. The molecule has 1 aromatic heterocycles. The zero-order chi connectivity index (χ0) is 11.8. The summed E-state index contributed by atoms with van der Waals surface area (Å²) in [5.41, 5.74) is 2.03. The van der Waals surface area contributed by atoms with Crippen molar-refractivity contribution in [2.45, 2.75) is 26.3 Å². The van der Waals surface area contributed by atoms with Crippen molar-refractivity contribution in [1.82, 2.24) is 9.55 Å². The first kappa shape index (κ1) is 10.8. The number of nitrogens with zero attached hydrogens (tertiary/aromatic N) is 2. The van der Waals surface area contributed by atoms with Crippen LogP contribution in [0.25, 0.3) is 11.3 Å². The Morgan fingerprint density at radius 2 is 2.18 bits per heavy atom. The van der Waals surface area contributed by atoms with Gasteiger partial charge in [-0.3, -0.25) is 0 Å². The second-order valence-corrected chi connectivity index (χ2v) is 5.22. The molecule has 1 aliphatic rings. The third-order valence-corrected chi connectivity index (χ3v) is 3.73. The average molecular weight is 247 g/mol. The van der Waals surface area contributed by atoms with Crippen LogP contribution in [0.1, 0.15) is 19.2 Å². The quantitative estimate of drug-likeness (QED) is 0.749. The van der Waals surface area contributed by atoms with Crippen LogP contribution in [0.3, 0.4) is 0 Å². The fraction of sp³-hybridized carbons (Fsp3) is 0.357. The van der Waals surface area contributed by atoms with Gasteiger partial charge in [-0.05, 0) is 18.4 Å². The highest BCUT2D eigenvalue weighted by molar-refractivity contribution is 6.33. The van der Waals surface area contributed by atoms with Crippen LogP contribution in [0.2, 0.25) is 5.02 Å². The summed E-state index contributed by atoms with van der Waals surface area (Å²) in [7, 11) is 0. The van der Waals surface area contributed by atoms with Crippen molar-refractivity contribution in [3.8, 4) is 11.3 Å². The van der Waals surface area contributed by atoms with E-state index in [1.807, 2.05) is 24.3 Å². The highest BCUT2D eigenvalue weighted by Gasteiger charge is 2.18. The molecule has 0 spiro atoms. The first-order valence-corrected chi connectivity index (χ1v) is 6.43. The van der Waals surface area contributed by atoms with Crippen LogP contribution in [0.4, 0.5) is 0 Å². The van der Waals surface area contributed by atoms with Crippen molar-refractivity contribution < 1.29 is 0 Å². The Hall–Kier alpha value is -1.28. The minimum absolute atomic E-state index is 0.740. The summed E-state index contributed by atoms with van der Waals surface area (Å²) >= 11 is 6.20. The van der Waals surface area contributed by atoms with E-state index in [0.717, 1.165) is 35.2 Å². The molecular formula is C14H15ClN2. The first-order chi connectivity index (χ1) is 8.24. The van der Waals surface area contributed by atoms with Crippen LogP contribution in [0, 0.1) is 5.92 Å². The molecule has 1 atom stereocenters. The lowest BCUT2D eigenvalue weighted by Gasteiger charge is -2.18. The molecule has 3 rings (SSSR count). The molecule has 2 aromatic rings. The number of aryl methyl sites for hydroxylation is 1. The van der Waals surface area contributed by atoms with E-state index >= 15 is 0 Å². The van der Waals surface area contributed by atoms with Crippen molar-refractivity contribution in [1.29, 1.82) is 0 Å². The van der Waals surface area contributed by atoms with Gasteiger partial charge in [-0.25, -0.2) is 4.98 Å². The van der Waals surface area contributed by atoms with Crippen LogP contribution in [0.5, 0.6) is 0 Å². The minimum atomic E-state index is 0.740. The largest absolute Gasteiger partial charge is 0.334 e. The molecule has 0 fully saturated rings. The molecule has 0 amide bonds. The van der Waals surface area contributed by atoms with Gasteiger partial charge < -0.3 is 4.57 Å². The smallest absolute Gasteiger partial charge is 0.109 e. The number of benzene rings is 1. The number of fused-ring (bicyclic) bond motifs is 1. The highest BCUT2D eigenvalue weighted by Crippen LogP contribution is 2.29. The lowest BCUT2D eigenvalue weighted by atomic mass is 10.0. The standard InChI is InChI=1S/C14H15ClN2/c1-10-6-7-17-9-13(16-14(17)8-10)11-4-2-3-5-12(11)15/h2-5,9-10H,6-8H2,1H3/t10-/m0/s1. The van der Waals surface area contributed by atoms with E-state index in [-0.39, 0.29) is 0 Å². The number of rotatable bonds is 1. The lowest BCUT2D eigenvalue weighted by molar-refractivity contribution is 0.409. The molecule has 17 heavy (non-hydrogen) atoms. The Kier molecular flexibility index (Phi) is 2.67. The van der Waals surface area contributed by atoms with E-state index < -0.39 is 0 Å². The van der Waals surface area contributed by atoms with Crippen LogP contribution in [-0.4, -0.2) is 9.55 Å². The average Bonchev–Trinajstić information content (AvgIpc) is 2.72. The van der Waals surface area contributed by atoms with Crippen molar-refractivity contribution >= 4 is 11.6 Å². The van der Waals surface area contributed by atoms with Crippen LogP contribution >= 0.6 is 11.6 Å². The SMILES string of the molecule is C[C@H]1CCn2cc(-c3ccccc3Cl)nc2C1. The maximum Gasteiger partial charge on any atom is 0.109 e. The monoisotopic (exact) mass is 246 g/mol. The molecule has 88 valence electrons. The molecule has 0 saturated carbocycles. The van der Waals surface area contributed by atoms with E-state index in [0.29, 0.717) is 0 Å². The molecule has 0 unspecified atom stereocenters. The molecule has 3 heteroatoms. The van der Waals surface area contributed by atoms with Gasteiger partial charge in [0.25, 0.3) is 0 Å². The van der Waals surface area contributed by atoms with Crippen molar-refractivity contribution in [2.24, 2.45) is 5.92 Å². The molecule has 0 saturated heterocycles. The van der Waals surface area contributed by atoms with E-state index in [4.69, 9.17) is 16.6 Å². The van der Waals surface area contributed by atoms with Gasteiger partial charge in [0.1, 0.15) is 5.82 Å². The maximum absolute atomic E-state index is 6.20. The maximum atomic E-state index is 6.20. The minimum Gasteiger partial charge on any atom is -0.334 e. The van der Waals surface area contributed by atoms with Crippen LogP contribution in [-0.2, 0) is 13.0 Å². The summed E-state index contributed by atoms with van der Waals surface area (Å²) in [6.07, 6.45) is 4.44. The number of hydrogen-bond acceptors (Lipinski definition) is 1. The first-order valence-electron chi connectivity index (χ1n) is 6.05. The normalized spacial score (nSPS) is 19.1. The second kappa shape index (κ2) is 4.19. The summed E-state index contributed by atoms with van der Waals surface area (Å²) in [6.45, 7) is 3.36. The van der Waals surface area contributed by atoms with Crippen molar-refractivity contribution in [3.05, 3.63) is 41.3 Å². The van der Waals surface area contributed by atoms with E-state index in [9.17, 15) is 0 Å². The Labute approximate surface area is 106 Å². The predicted molar refractivity (Wildman–Crippen MR) is 70.2 cm³/mol. The summed E-state index contributed by atoms with van der Waals surface area (Å²) < 4.78 is 2.26. The van der Waals surface area contributed by atoms with Gasteiger partial charge in [0.2, 0.25) is 0 Å². The molecule has 0 aliphatic carbocycles. The Morgan fingerprint density at radius 3 is 3.00 bits per heavy atom. The molecule has 0 radical (unpaired) electrons. The predicted octanol–water partition coefficient (Wildman–Crippen LogP) is 3.79. The zero-order valence-corrected chi connectivity index (χ0v) is 10.6. The highest BCUT2D eigenvalue weighted by atomic mass is 35.5. The summed E-state index contributed by atoms with van der Waals surface area (Å²) in [6, 6.07) is 7.89. The molecule has 0 N–H and O–H groups in total. The zero-order valence-electron chi connectivity index (χ0n) is 9.86. The van der Waals surface area contributed by atoms with Gasteiger partial charge in [-0.15, -0.1) is 0 Å². The Balaban J connectivity index is 2.03. The molecule has 1 aliphatic heterocycles. The number of halogens is 1. The summed E-state index contributed by atoms with van der Waals surface area (Å²) in [5, 5.41) is 0.774. The van der Waals surface area contributed by atoms with Gasteiger partial charge in [-0.2, -0.15) is 0 Å². The molecule has 2 heterocycles. The topological polar surface area (TPSA) is 17.8 Å². The molecule has 2 nitrogen and oxygen atoms in total. The third-order valence-electron chi connectivity index (χ3n) is 3.40. The van der Waals surface area contributed by atoms with Crippen LogP contribution in [0.15, 0.2) is 30.5 Å². The second-order valence-electron chi connectivity index (χ2n) is 4.81. The van der Waals surface area contributed by atoms with Crippen LogP contribution < -0.4 is 0 Å². The van der Waals surface area contributed by atoms with E-state index in [2.05, 4.69) is 17.7 Å². The summed E-state index contributed by atoms with van der Waals surface area (Å²) in [5.74, 6) is 1.93. The van der Waals surface area contributed by atoms with Gasteiger partial charge in [0.05, 0.1) is 10.7 Å².